The summed E-state index contributed by atoms with van der Waals surface area (Å²) >= 11 is 0. The lowest BCUT2D eigenvalue weighted by molar-refractivity contribution is 0.0972. The number of aryl methyl sites for hydroxylation is 1. The first-order valence-corrected chi connectivity index (χ1v) is 4.84. The molecule has 0 aliphatic carbocycles. The van der Waals surface area contributed by atoms with Crippen LogP contribution in [0, 0.1) is 6.92 Å². The topological polar surface area (TPSA) is 20.3 Å². The van der Waals surface area contributed by atoms with Crippen LogP contribution in [0.2, 0.25) is 0 Å². The first-order valence-electron chi connectivity index (χ1n) is 4.84. The summed E-state index contributed by atoms with van der Waals surface area (Å²) < 4.78 is 0. The van der Waals surface area contributed by atoms with E-state index in [1.54, 1.807) is 0 Å². The second-order valence-corrected chi connectivity index (χ2v) is 3.85. The van der Waals surface area contributed by atoms with Gasteiger partial charge in [0.05, 0.1) is 0 Å². The largest absolute Gasteiger partial charge is 0.309 e. The third kappa shape index (κ3) is 4.96. The Bertz CT molecular complexity index is 323. The minimum atomic E-state index is 0. The molecule has 0 N–H and O–H groups in total. The van der Waals surface area contributed by atoms with E-state index < -0.39 is 0 Å². The molecule has 0 aromatic heterocycles. The zero-order valence-corrected chi connectivity index (χ0v) is 10.3. The van der Waals surface area contributed by atoms with Crippen LogP contribution in [0.15, 0.2) is 24.3 Å². The van der Waals surface area contributed by atoms with E-state index in [0.717, 1.165) is 17.7 Å². The summed E-state index contributed by atoms with van der Waals surface area (Å²) in [5.74, 6) is 0.224. The average molecular weight is 228 g/mol. The van der Waals surface area contributed by atoms with Crippen molar-refractivity contribution in [2.45, 2.75) is 13.3 Å². The first-order chi connectivity index (χ1) is 6.59. The quantitative estimate of drug-likeness (QED) is 0.737. The minimum absolute atomic E-state index is 0. The third-order valence-electron chi connectivity index (χ3n) is 2.13. The van der Waals surface area contributed by atoms with Crippen LogP contribution in [0.3, 0.4) is 0 Å². The van der Waals surface area contributed by atoms with Crippen LogP contribution in [-0.2, 0) is 0 Å². The number of nitrogens with zero attached hydrogens (tertiary/aromatic N) is 1. The van der Waals surface area contributed by atoms with Gasteiger partial charge in [-0.1, -0.05) is 23.8 Å². The van der Waals surface area contributed by atoms with Crippen LogP contribution < -0.4 is 0 Å². The number of hydrogen-bond donors (Lipinski definition) is 0. The van der Waals surface area contributed by atoms with Crippen molar-refractivity contribution in [1.29, 1.82) is 0 Å². The fraction of sp³-hybridized carbons (Fsp3) is 0.417. The van der Waals surface area contributed by atoms with E-state index in [1.165, 1.54) is 0 Å². The van der Waals surface area contributed by atoms with Gasteiger partial charge in [0.25, 0.3) is 0 Å². The summed E-state index contributed by atoms with van der Waals surface area (Å²) in [6.45, 7) is 2.81. The molecule has 0 amide bonds. The fourth-order valence-electron chi connectivity index (χ4n) is 1.29. The summed E-state index contributed by atoms with van der Waals surface area (Å²) in [7, 11) is 3.95. The van der Waals surface area contributed by atoms with Crippen LogP contribution in [0.5, 0.6) is 0 Å². The van der Waals surface area contributed by atoms with Crippen molar-refractivity contribution in [3.8, 4) is 0 Å². The minimum Gasteiger partial charge on any atom is -0.309 e. The van der Waals surface area contributed by atoms with Crippen molar-refractivity contribution in [2.24, 2.45) is 0 Å². The summed E-state index contributed by atoms with van der Waals surface area (Å²) in [6, 6.07) is 7.75. The monoisotopic (exact) mass is 227 g/mol. The molecule has 0 aliphatic rings. The number of hydrogen-bond acceptors (Lipinski definition) is 2. The standard InChI is InChI=1S/C12H17NO.ClH/c1-10-5-4-6-11(9-10)12(14)7-8-13(2)3;/h4-6,9H,7-8H2,1-3H3;1H. The summed E-state index contributed by atoms with van der Waals surface area (Å²) in [4.78, 5) is 13.7. The third-order valence-corrected chi connectivity index (χ3v) is 2.13. The number of Topliss-reactive ketones (excluding diaryl/α,β-unsaturated/α-hetero) is 1. The summed E-state index contributed by atoms with van der Waals surface area (Å²) in [5, 5.41) is 0. The summed E-state index contributed by atoms with van der Waals surface area (Å²) in [6.07, 6.45) is 0.594. The lowest BCUT2D eigenvalue weighted by atomic mass is 10.1. The molecule has 1 aromatic carbocycles. The number of carbonyl (C=O) groups excluding carboxylic acids is 1. The molecule has 84 valence electrons. The molecule has 0 bridgehead atoms. The highest BCUT2D eigenvalue weighted by atomic mass is 35.5. The molecule has 0 spiro atoms. The average Bonchev–Trinajstić information content (AvgIpc) is 2.14. The second-order valence-electron chi connectivity index (χ2n) is 3.85. The molecule has 0 fully saturated rings. The Kier molecular flexibility index (Phi) is 6.21. The maximum Gasteiger partial charge on any atom is 0.164 e. The maximum atomic E-state index is 11.7. The predicted octanol–water partition coefficient (Wildman–Crippen LogP) is 2.55. The van der Waals surface area contributed by atoms with Crippen molar-refractivity contribution >= 4 is 18.2 Å². The SMILES string of the molecule is Cc1cccc(C(=O)CCN(C)C)c1.Cl. The van der Waals surface area contributed by atoms with E-state index in [1.807, 2.05) is 50.2 Å². The van der Waals surface area contributed by atoms with E-state index in [9.17, 15) is 4.79 Å². The van der Waals surface area contributed by atoms with Gasteiger partial charge in [0, 0.05) is 18.5 Å². The van der Waals surface area contributed by atoms with Crippen molar-refractivity contribution in [1.82, 2.24) is 4.90 Å². The molecule has 0 saturated carbocycles. The van der Waals surface area contributed by atoms with Crippen molar-refractivity contribution < 1.29 is 4.79 Å². The van der Waals surface area contributed by atoms with E-state index in [-0.39, 0.29) is 18.2 Å². The molecule has 0 atom stereocenters. The first kappa shape index (κ1) is 14.1. The Morgan fingerprint density at radius 2 is 2.00 bits per heavy atom. The molecule has 3 heteroatoms. The molecule has 1 aromatic rings. The molecule has 15 heavy (non-hydrogen) atoms. The molecule has 0 aliphatic heterocycles. The zero-order chi connectivity index (χ0) is 10.6. The maximum absolute atomic E-state index is 11.7. The number of carbonyl (C=O) groups is 1. The van der Waals surface area contributed by atoms with Gasteiger partial charge in [-0.15, -0.1) is 12.4 Å². The van der Waals surface area contributed by atoms with Gasteiger partial charge in [-0.2, -0.15) is 0 Å². The zero-order valence-electron chi connectivity index (χ0n) is 9.49. The van der Waals surface area contributed by atoms with Crippen molar-refractivity contribution in [3.05, 3.63) is 35.4 Å². The summed E-state index contributed by atoms with van der Waals surface area (Å²) in [5.41, 5.74) is 1.97. The van der Waals surface area contributed by atoms with Crippen LogP contribution in [0.25, 0.3) is 0 Å². The Hall–Kier alpha value is -0.860. The van der Waals surface area contributed by atoms with Gasteiger partial charge in [0.15, 0.2) is 5.78 Å². The van der Waals surface area contributed by atoms with Crippen LogP contribution >= 0.6 is 12.4 Å². The smallest absolute Gasteiger partial charge is 0.164 e. The molecule has 0 heterocycles. The molecule has 1 rings (SSSR count). The van der Waals surface area contributed by atoms with E-state index in [4.69, 9.17) is 0 Å². The highest BCUT2D eigenvalue weighted by molar-refractivity contribution is 5.96. The number of rotatable bonds is 4. The Morgan fingerprint density at radius 1 is 1.33 bits per heavy atom. The lowest BCUT2D eigenvalue weighted by Crippen LogP contribution is -2.16. The van der Waals surface area contributed by atoms with E-state index in [2.05, 4.69) is 0 Å². The van der Waals surface area contributed by atoms with E-state index >= 15 is 0 Å². The lowest BCUT2D eigenvalue weighted by Gasteiger charge is -2.08. The molecule has 0 radical (unpaired) electrons. The van der Waals surface area contributed by atoms with Crippen molar-refractivity contribution in [3.63, 3.8) is 0 Å². The van der Waals surface area contributed by atoms with Gasteiger partial charge in [-0.25, -0.2) is 0 Å². The molecule has 0 unspecified atom stereocenters. The molecular formula is C12H18ClNO. The van der Waals surface area contributed by atoms with E-state index in [0.29, 0.717) is 6.42 Å². The molecular weight excluding hydrogens is 210 g/mol. The van der Waals surface area contributed by atoms with Crippen LogP contribution in [0.4, 0.5) is 0 Å². The van der Waals surface area contributed by atoms with Gasteiger partial charge < -0.3 is 4.90 Å². The van der Waals surface area contributed by atoms with Gasteiger partial charge in [0.1, 0.15) is 0 Å². The fourth-order valence-corrected chi connectivity index (χ4v) is 1.29. The van der Waals surface area contributed by atoms with Crippen molar-refractivity contribution in [2.75, 3.05) is 20.6 Å². The highest BCUT2D eigenvalue weighted by Gasteiger charge is 2.05. The van der Waals surface area contributed by atoms with Crippen LogP contribution in [0.1, 0.15) is 22.3 Å². The highest BCUT2D eigenvalue weighted by Crippen LogP contribution is 2.06. The number of benzene rings is 1. The number of halogens is 1. The van der Waals surface area contributed by atoms with Crippen LogP contribution in [-0.4, -0.2) is 31.3 Å². The number of ketones is 1. The Balaban J connectivity index is 0.00000196. The Labute approximate surface area is 97.7 Å². The predicted molar refractivity (Wildman–Crippen MR) is 65.9 cm³/mol. The molecule has 0 saturated heterocycles. The van der Waals surface area contributed by atoms with Gasteiger partial charge in [-0.3, -0.25) is 4.79 Å². The molecule has 2 nitrogen and oxygen atoms in total. The second kappa shape index (κ2) is 6.59. The van der Waals surface area contributed by atoms with Gasteiger partial charge in [0.2, 0.25) is 0 Å². The Morgan fingerprint density at radius 3 is 2.53 bits per heavy atom. The van der Waals surface area contributed by atoms with Gasteiger partial charge >= 0.3 is 0 Å². The normalized spacial score (nSPS) is 9.87. The van der Waals surface area contributed by atoms with Gasteiger partial charge in [-0.05, 0) is 27.1 Å².